The van der Waals surface area contributed by atoms with Crippen molar-refractivity contribution >= 4 is 5.91 Å². The topological polar surface area (TPSA) is 49.3 Å². The molecule has 0 spiro atoms. The second-order valence-corrected chi connectivity index (χ2v) is 3.21. The number of benzene rings is 1. The molecule has 3 heteroatoms. The fourth-order valence-electron chi connectivity index (χ4n) is 1.12. The van der Waals surface area contributed by atoms with Gasteiger partial charge in [-0.05, 0) is 12.5 Å². The smallest absolute Gasteiger partial charge is 0.254 e. The Kier molecular flexibility index (Phi) is 3.90. The van der Waals surface area contributed by atoms with E-state index >= 15 is 0 Å². The molecule has 1 aromatic carbocycles. The van der Waals surface area contributed by atoms with Gasteiger partial charge in [-0.2, -0.15) is 0 Å². The van der Waals surface area contributed by atoms with Gasteiger partial charge in [0.25, 0.3) is 5.91 Å². The van der Waals surface area contributed by atoms with Crippen LogP contribution in [0.5, 0.6) is 0 Å². The van der Waals surface area contributed by atoms with E-state index in [9.17, 15) is 9.90 Å². The summed E-state index contributed by atoms with van der Waals surface area (Å²) in [6, 6.07) is 8.33. The maximum Gasteiger partial charge on any atom is 0.254 e. The van der Waals surface area contributed by atoms with Gasteiger partial charge < -0.3 is 10.4 Å². The predicted octanol–water partition coefficient (Wildman–Crippen LogP) is 0.858. The minimum Gasteiger partial charge on any atom is -0.378 e. The number of amides is 1. The third-order valence-electron chi connectivity index (χ3n) is 1.97. The maximum absolute atomic E-state index is 11.5. The molecular weight excluding hydrogens is 190 g/mol. The third kappa shape index (κ3) is 3.12. The van der Waals surface area contributed by atoms with Gasteiger partial charge in [0.1, 0.15) is 0 Å². The van der Waals surface area contributed by atoms with Gasteiger partial charge in [0.15, 0.2) is 6.10 Å². The average molecular weight is 203 g/mol. The van der Waals surface area contributed by atoms with E-state index in [1.54, 1.807) is 31.2 Å². The van der Waals surface area contributed by atoms with Gasteiger partial charge in [0.2, 0.25) is 0 Å². The molecule has 78 valence electrons. The highest BCUT2D eigenvalue weighted by Gasteiger charge is 2.17. The number of terminal acetylenes is 1. The quantitative estimate of drug-likeness (QED) is 0.716. The van der Waals surface area contributed by atoms with Crippen LogP contribution in [0, 0.1) is 12.3 Å². The molecular formula is C12H13NO2. The molecule has 0 saturated carbocycles. The van der Waals surface area contributed by atoms with Crippen LogP contribution in [-0.2, 0) is 4.79 Å². The lowest BCUT2D eigenvalue weighted by Gasteiger charge is -2.13. The SMILES string of the molecule is C#CC(C)NC(=O)C(O)c1ccccc1. The molecule has 1 aromatic rings. The highest BCUT2D eigenvalue weighted by molar-refractivity contribution is 5.82. The minimum atomic E-state index is -1.16. The summed E-state index contributed by atoms with van der Waals surface area (Å²) in [5.41, 5.74) is 0.555. The minimum absolute atomic E-state index is 0.379. The third-order valence-corrected chi connectivity index (χ3v) is 1.97. The molecule has 0 saturated heterocycles. The van der Waals surface area contributed by atoms with Crippen LogP contribution in [0.3, 0.4) is 0 Å². The molecule has 0 bridgehead atoms. The number of nitrogens with one attached hydrogen (secondary N) is 1. The largest absolute Gasteiger partial charge is 0.378 e. The number of carbonyl (C=O) groups is 1. The van der Waals surface area contributed by atoms with Gasteiger partial charge in [-0.1, -0.05) is 36.3 Å². The van der Waals surface area contributed by atoms with Crippen molar-refractivity contribution in [1.29, 1.82) is 0 Å². The van der Waals surface area contributed by atoms with E-state index in [-0.39, 0.29) is 6.04 Å². The van der Waals surface area contributed by atoms with Crippen molar-refractivity contribution in [1.82, 2.24) is 5.32 Å². The summed E-state index contributed by atoms with van der Waals surface area (Å²) >= 11 is 0. The molecule has 15 heavy (non-hydrogen) atoms. The maximum atomic E-state index is 11.5. The Hall–Kier alpha value is -1.79. The van der Waals surface area contributed by atoms with E-state index in [4.69, 9.17) is 6.42 Å². The van der Waals surface area contributed by atoms with Crippen LogP contribution in [0.1, 0.15) is 18.6 Å². The molecule has 0 aromatic heterocycles. The molecule has 0 aliphatic carbocycles. The van der Waals surface area contributed by atoms with E-state index < -0.39 is 12.0 Å². The molecule has 0 heterocycles. The average Bonchev–Trinajstić information content (AvgIpc) is 2.29. The van der Waals surface area contributed by atoms with Gasteiger partial charge in [0.05, 0.1) is 6.04 Å². The summed E-state index contributed by atoms with van der Waals surface area (Å²) in [7, 11) is 0. The van der Waals surface area contributed by atoms with Crippen molar-refractivity contribution in [2.75, 3.05) is 0 Å². The number of carbonyl (C=O) groups excluding carboxylic acids is 1. The summed E-state index contributed by atoms with van der Waals surface area (Å²) < 4.78 is 0. The van der Waals surface area contributed by atoms with Crippen LogP contribution in [0.2, 0.25) is 0 Å². The molecule has 1 amide bonds. The van der Waals surface area contributed by atoms with E-state index in [0.29, 0.717) is 5.56 Å². The Bertz CT molecular complexity index is 367. The number of hydrogen-bond acceptors (Lipinski definition) is 2. The van der Waals surface area contributed by atoms with Crippen LogP contribution in [0.4, 0.5) is 0 Å². The van der Waals surface area contributed by atoms with Crippen LogP contribution in [-0.4, -0.2) is 17.1 Å². The first-order chi connectivity index (χ1) is 7.15. The number of aliphatic hydroxyl groups excluding tert-OH is 1. The number of rotatable bonds is 3. The molecule has 0 aliphatic rings. The van der Waals surface area contributed by atoms with Crippen LogP contribution < -0.4 is 5.32 Å². The highest BCUT2D eigenvalue weighted by Crippen LogP contribution is 2.11. The van der Waals surface area contributed by atoms with Gasteiger partial charge in [-0.15, -0.1) is 6.42 Å². The fourth-order valence-corrected chi connectivity index (χ4v) is 1.12. The van der Waals surface area contributed by atoms with Crippen molar-refractivity contribution in [2.45, 2.75) is 19.1 Å². The zero-order valence-corrected chi connectivity index (χ0v) is 8.47. The predicted molar refractivity (Wildman–Crippen MR) is 57.8 cm³/mol. The second kappa shape index (κ2) is 5.18. The van der Waals surface area contributed by atoms with E-state index in [2.05, 4.69) is 11.2 Å². The zero-order chi connectivity index (χ0) is 11.3. The van der Waals surface area contributed by atoms with Crippen molar-refractivity contribution in [2.24, 2.45) is 0 Å². The monoisotopic (exact) mass is 203 g/mol. The first-order valence-corrected chi connectivity index (χ1v) is 4.64. The zero-order valence-electron chi connectivity index (χ0n) is 8.47. The molecule has 0 fully saturated rings. The second-order valence-electron chi connectivity index (χ2n) is 3.21. The number of hydrogen-bond donors (Lipinski definition) is 2. The molecule has 3 nitrogen and oxygen atoms in total. The Morgan fingerprint density at radius 3 is 2.60 bits per heavy atom. The lowest BCUT2D eigenvalue weighted by molar-refractivity contribution is -0.129. The Morgan fingerprint density at radius 2 is 2.07 bits per heavy atom. The Balaban J connectivity index is 2.66. The van der Waals surface area contributed by atoms with E-state index in [1.165, 1.54) is 0 Å². The highest BCUT2D eigenvalue weighted by atomic mass is 16.3. The molecule has 0 radical (unpaired) electrons. The molecule has 0 aliphatic heterocycles. The molecule has 1 rings (SSSR count). The number of aliphatic hydroxyl groups is 1. The first kappa shape index (κ1) is 11.3. The van der Waals surface area contributed by atoms with E-state index in [1.807, 2.05) is 6.07 Å². The van der Waals surface area contributed by atoms with Gasteiger partial charge in [-0.25, -0.2) is 0 Å². The lowest BCUT2D eigenvalue weighted by atomic mass is 10.1. The van der Waals surface area contributed by atoms with Gasteiger partial charge in [0, 0.05) is 0 Å². The van der Waals surface area contributed by atoms with E-state index in [0.717, 1.165) is 0 Å². The molecule has 2 unspecified atom stereocenters. The summed E-state index contributed by atoms with van der Waals surface area (Å²) in [5, 5.41) is 12.2. The summed E-state index contributed by atoms with van der Waals surface area (Å²) in [6.07, 6.45) is 3.95. The first-order valence-electron chi connectivity index (χ1n) is 4.64. The fraction of sp³-hybridized carbons (Fsp3) is 0.250. The molecule has 2 N–H and O–H groups in total. The van der Waals surface area contributed by atoms with Gasteiger partial charge in [-0.3, -0.25) is 4.79 Å². The Labute approximate surface area is 89.1 Å². The van der Waals surface area contributed by atoms with Crippen molar-refractivity contribution in [3.63, 3.8) is 0 Å². The van der Waals surface area contributed by atoms with Crippen molar-refractivity contribution in [3.05, 3.63) is 35.9 Å². The Morgan fingerprint density at radius 1 is 1.47 bits per heavy atom. The summed E-state index contributed by atoms with van der Waals surface area (Å²) in [6.45, 7) is 1.68. The standard InChI is InChI=1S/C12H13NO2/c1-3-9(2)13-12(15)11(14)10-7-5-4-6-8-10/h1,4-9,11,14H,2H3,(H,13,15). The van der Waals surface area contributed by atoms with Crippen molar-refractivity contribution < 1.29 is 9.90 Å². The summed E-state index contributed by atoms with van der Waals surface area (Å²) in [4.78, 5) is 11.5. The van der Waals surface area contributed by atoms with Crippen LogP contribution in [0.15, 0.2) is 30.3 Å². The lowest BCUT2D eigenvalue weighted by Crippen LogP contribution is -2.35. The van der Waals surface area contributed by atoms with Crippen LogP contribution >= 0.6 is 0 Å². The van der Waals surface area contributed by atoms with Crippen molar-refractivity contribution in [3.8, 4) is 12.3 Å². The summed E-state index contributed by atoms with van der Waals surface area (Å²) in [5.74, 6) is 1.88. The molecule has 2 atom stereocenters. The normalized spacial score (nSPS) is 13.7. The van der Waals surface area contributed by atoms with Crippen LogP contribution in [0.25, 0.3) is 0 Å². The van der Waals surface area contributed by atoms with Gasteiger partial charge >= 0.3 is 0 Å².